The summed E-state index contributed by atoms with van der Waals surface area (Å²) in [6.45, 7) is 7.61. The molecule has 0 aromatic heterocycles. The molecule has 1 aromatic rings. The van der Waals surface area contributed by atoms with Gasteiger partial charge in [0.15, 0.2) is 5.96 Å². The maximum Gasteiger partial charge on any atom is 0.191 e. The summed E-state index contributed by atoms with van der Waals surface area (Å²) in [5, 5.41) is 6.76. The van der Waals surface area contributed by atoms with Gasteiger partial charge in [0.2, 0.25) is 0 Å². The second kappa shape index (κ2) is 13.2. The van der Waals surface area contributed by atoms with E-state index in [1.807, 2.05) is 7.05 Å². The number of nitrogens with one attached hydrogen (secondary N) is 2. The lowest BCUT2D eigenvalue weighted by Gasteiger charge is -2.28. The molecule has 1 saturated heterocycles. The summed E-state index contributed by atoms with van der Waals surface area (Å²) in [6.07, 6.45) is 5.06. The van der Waals surface area contributed by atoms with E-state index >= 15 is 0 Å². The van der Waals surface area contributed by atoms with Gasteiger partial charge >= 0.3 is 0 Å². The average Bonchev–Trinajstić information content (AvgIpc) is 2.65. The van der Waals surface area contributed by atoms with Crippen molar-refractivity contribution in [3.63, 3.8) is 0 Å². The van der Waals surface area contributed by atoms with E-state index in [-0.39, 0.29) is 24.0 Å². The molecule has 5 nitrogen and oxygen atoms in total. The van der Waals surface area contributed by atoms with E-state index in [1.54, 1.807) is 0 Å². The van der Waals surface area contributed by atoms with Gasteiger partial charge in [-0.25, -0.2) is 0 Å². The molecule has 1 fully saturated rings. The summed E-state index contributed by atoms with van der Waals surface area (Å²) in [4.78, 5) is 6.66. The van der Waals surface area contributed by atoms with Crippen LogP contribution in [0.25, 0.3) is 0 Å². The van der Waals surface area contributed by atoms with E-state index in [0.29, 0.717) is 0 Å². The maximum absolute atomic E-state index is 5.40. The monoisotopic (exact) mass is 460 g/mol. The Hall–Kier alpha value is -1.02. The lowest BCUT2D eigenvalue weighted by molar-refractivity contribution is 0.122. The smallest absolute Gasteiger partial charge is 0.191 e. The number of nitrogens with zero attached hydrogens (tertiary/aromatic N) is 2. The number of morpholine rings is 1. The van der Waals surface area contributed by atoms with Gasteiger partial charge in [0.25, 0.3) is 0 Å². The molecule has 1 heterocycles. The molecule has 2 N–H and O–H groups in total. The average molecular weight is 460 g/mol. The van der Waals surface area contributed by atoms with Gasteiger partial charge in [-0.05, 0) is 24.1 Å². The van der Waals surface area contributed by atoms with Gasteiger partial charge < -0.3 is 20.3 Å². The number of rotatable bonds is 8. The second-order valence-electron chi connectivity index (χ2n) is 6.18. The first-order valence-corrected chi connectivity index (χ1v) is 9.19. The van der Waals surface area contributed by atoms with Crippen LogP contribution in [0.3, 0.4) is 0 Å². The summed E-state index contributed by atoms with van der Waals surface area (Å²) in [5.41, 5.74) is 2.54. The molecule has 1 aromatic carbocycles. The van der Waals surface area contributed by atoms with Crippen molar-refractivity contribution in [3.8, 4) is 0 Å². The van der Waals surface area contributed by atoms with Crippen molar-refractivity contribution >= 4 is 35.6 Å². The number of ether oxygens (including phenoxy) is 1. The molecule has 0 bridgehead atoms. The number of unbranched alkanes of at least 4 members (excludes halogenated alkanes) is 3. The van der Waals surface area contributed by atoms with Crippen LogP contribution in [0.15, 0.2) is 29.3 Å². The fourth-order valence-electron chi connectivity index (χ4n) is 2.81. The quantitative estimate of drug-likeness (QED) is 0.270. The second-order valence-corrected chi connectivity index (χ2v) is 6.18. The number of benzene rings is 1. The van der Waals surface area contributed by atoms with Crippen LogP contribution in [0, 0.1) is 0 Å². The molecule has 1 aliphatic rings. The molecule has 0 aliphatic carbocycles. The first kappa shape index (κ1) is 22.0. The number of hydrogen-bond acceptors (Lipinski definition) is 3. The normalized spacial score (nSPS) is 14.8. The van der Waals surface area contributed by atoms with Gasteiger partial charge in [0.05, 0.1) is 13.2 Å². The molecule has 1 aliphatic heterocycles. The highest BCUT2D eigenvalue weighted by atomic mass is 127. The number of hydrogen-bond donors (Lipinski definition) is 2. The van der Waals surface area contributed by atoms with Gasteiger partial charge in [-0.15, -0.1) is 24.0 Å². The van der Waals surface area contributed by atoms with E-state index in [9.17, 15) is 0 Å². The van der Waals surface area contributed by atoms with Crippen molar-refractivity contribution in [2.75, 3.05) is 44.8 Å². The predicted molar refractivity (Wildman–Crippen MR) is 117 cm³/mol. The molecule has 0 amide bonds. The zero-order chi connectivity index (χ0) is 17.0. The van der Waals surface area contributed by atoms with Gasteiger partial charge in [-0.3, -0.25) is 4.99 Å². The minimum absolute atomic E-state index is 0. The van der Waals surface area contributed by atoms with Crippen LogP contribution >= 0.6 is 24.0 Å². The highest BCUT2D eigenvalue weighted by Gasteiger charge is 2.10. The Morgan fingerprint density at radius 1 is 1.08 bits per heavy atom. The van der Waals surface area contributed by atoms with Crippen molar-refractivity contribution in [1.82, 2.24) is 10.6 Å². The first-order chi connectivity index (χ1) is 11.8. The van der Waals surface area contributed by atoms with E-state index in [1.165, 1.54) is 36.9 Å². The third kappa shape index (κ3) is 8.27. The minimum atomic E-state index is 0. The van der Waals surface area contributed by atoms with Crippen molar-refractivity contribution in [2.24, 2.45) is 4.99 Å². The Morgan fingerprint density at radius 2 is 1.80 bits per heavy atom. The first-order valence-electron chi connectivity index (χ1n) is 9.19. The Labute approximate surface area is 169 Å². The molecule has 2 rings (SSSR count). The Kier molecular flexibility index (Phi) is 11.6. The molecule has 0 atom stereocenters. The predicted octanol–water partition coefficient (Wildman–Crippen LogP) is 3.39. The molecule has 25 heavy (non-hydrogen) atoms. The fraction of sp³-hybridized carbons (Fsp3) is 0.632. The summed E-state index contributed by atoms with van der Waals surface area (Å²) >= 11 is 0. The van der Waals surface area contributed by atoms with Gasteiger partial charge in [0.1, 0.15) is 0 Å². The standard InChI is InChI=1S/C19H32N4O.HI/c1-3-4-5-6-11-21-19(20-2)22-16-17-7-9-18(10-8-17)23-12-14-24-15-13-23;/h7-10H,3-6,11-16H2,1-2H3,(H2,20,21,22);1H. The van der Waals surface area contributed by atoms with E-state index in [4.69, 9.17) is 4.74 Å². The van der Waals surface area contributed by atoms with Gasteiger partial charge in [0, 0.05) is 38.9 Å². The lowest BCUT2D eigenvalue weighted by atomic mass is 10.2. The lowest BCUT2D eigenvalue weighted by Crippen LogP contribution is -2.37. The van der Waals surface area contributed by atoms with Crippen LogP contribution in [0.1, 0.15) is 38.2 Å². The van der Waals surface area contributed by atoms with Crippen molar-refractivity contribution in [2.45, 2.75) is 39.2 Å². The SMILES string of the molecule is CCCCCCNC(=NC)NCc1ccc(N2CCOCC2)cc1.I. The highest BCUT2D eigenvalue weighted by molar-refractivity contribution is 14.0. The number of anilines is 1. The third-order valence-corrected chi connectivity index (χ3v) is 4.32. The molecular formula is C19H33IN4O. The Bertz CT molecular complexity index is 487. The summed E-state index contributed by atoms with van der Waals surface area (Å²) in [7, 11) is 1.82. The maximum atomic E-state index is 5.40. The molecule has 0 radical (unpaired) electrons. The number of halogens is 1. The van der Waals surface area contributed by atoms with Crippen molar-refractivity contribution < 1.29 is 4.74 Å². The van der Waals surface area contributed by atoms with Gasteiger partial charge in [-0.2, -0.15) is 0 Å². The third-order valence-electron chi connectivity index (χ3n) is 4.32. The van der Waals surface area contributed by atoms with Crippen molar-refractivity contribution in [1.29, 1.82) is 0 Å². The zero-order valence-corrected chi connectivity index (χ0v) is 17.9. The van der Waals surface area contributed by atoms with Crippen LogP contribution in [0.4, 0.5) is 5.69 Å². The van der Waals surface area contributed by atoms with Crippen molar-refractivity contribution in [3.05, 3.63) is 29.8 Å². The molecule has 142 valence electrons. The van der Waals surface area contributed by atoms with E-state index < -0.39 is 0 Å². The molecule has 0 saturated carbocycles. The Morgan fingerprint density at radius 3 is 2.44 bits per heavy atom. The van der Waals surface area contributed by atoms with Crippen LogP contribution in [0.5, 0.6) is 0 Å². The number of guanidine groups is 1. The largest absolute Gasteiger partial charge is 0.378 e. The Balaban J connectivity index is 0.00000312. The fourth-order valence-corrected chi connectivity index (χ4v) is 2.81. The van der Waals surface area contributed by atoms with Gasteiger partial charge in [-0.1, -0.05) is 38.3 Å². The highest BCUT2D eigenvalue weighted by Crippen LogP contribution is 2.16. The van der Waals surface area contributed by atoms with Crippen LogP contribution < -0.4 is 15.5 Å². The molecule has 0 unspecified atom stereocenters. The van der Waals surface area contributed by atoms with E-state index in [0.717, 1.165) is 45.4 Å². The molecule has 0 spiro atoms. The number of aliphatic imine (C=N–C) groups is 1. The van der Waals surface area contributed by atoms with E-state index in [2.05, 4.69) is 51.7 Å². The molecular weight excluding hydrogens is 427 g/mol. The summed E-state index contributed by atoms with van der Waals surface area (Å²) in [5.74, 6) is 0.878. The minimum Gasteiger partial charge on any atom is -0.378 e. The summed E-state index contributed by atoms with van der Waals surface area (Å²) in [6, 6.07) is 8.77. The van der Waals surface area contributed by atoms with Crippen LogP contribution in [-0.2, 0) is 11.3 Å². The van der Waals surface area contributed by atoms with Crippen LogP contribution in [-0.4, -0.2) is 45.9 Å². The molecule has 6 heteroatoms. The zero-order valence-electron chi connectivity index (χ0n) is 15.6. The summed E-state index contributed by atoms with van der Waals surface area (Å²) < 4.78 is 5.40. The topological polar surface area (TPSA) is 48.9 Å². The van der Waals surface area contributed by atoms with Crippen LogP contribution in [0.2, 0.25) is 0 Å².